The first kappa shape index (κ1) is 16.4. The van der Waals surface area contributed by atoms with E-state index < -0.39 is 5.97 Å². The van der Waals surface area contributed by atoms with Crippen molar-refractivity contribution in [3.05, 3.63) is 45.7 Å². The number of hydrogen-bond acceptors (Lipinski definition) is 6. The average molecular weight is 346 g/mol. The summed E-state index contributed by atoms with van der Waals surface area (Å²) in [4.78, 5) is 15.1. The van der Waals surface area contributed by atoms with Crippen molar-refractivity contribution >= 4 is 17.3 Å². The number of carboxylic acids is 1. The summed E-state index contributed by atoms with van der Waals surface area (Å²) in [7, 11) is 1.87. The summed E-state index contributed by atoms with van der Waals surface area (Å²) in [6.07, 6.45) is 1.94. The molecule has 3 aromatic rings. The van der Waals surface area contributed by atoms with Crippen molar-refractivity contribution < 1.29 is 14.3 Å². The van der Waals surface area contributed by atoms with Gasteiger partial charge in [0.1, 0.15) is 16.5 Å². The van der Waals surface area contributed by atoms with Crippen LogP contribution in [0.1, 0.15) is 39.8 Å². The first-order chi connectivity index (χ1) is 11.4. The molecule has 3 aromatic heterocycles. The summed E-state index contributed by atoms with van der Waals surface area (Å²) in [6, 6.07) is 3.76. The predicted octanol–water partition coefficient (Wildman–Crippen LogP) is 2.99. The van der Waals surface area contributed by atoms with E-state index in [0.29, 0.717) is 6.54 Å². The van der Waals surface area contributed by atoms with E-state index in [1.807, 2.05) is 39.2 Å². The molecule has 2 N–H and O–H groups in total. The maximum atomic E-state index is 10.9. The topological polar surface area (TPSA) is 93.2 Å². The number of aromatic nitrogens is 3. The van der Waals surface area contributed by atoms with Crippen molar-refractivity contribution in [2.24, 2.45) is 7.05 Å². The minimum Gasteiger partial charge on any atom is -0.476 e. The molecule has 3 heterocycles. The third-order valence-corrected chi connectivity index (χ3v) is 4.62. The second-order valence-electron chi connectivity index (χ2n) is 5.57. The van der Waals surface area contributed by atoms with Gasteiger partial charge in [-0.1, -0.05) is 0 Å². The van der Waals surface area contributed by atoms with E-state index in [1.165, 1.54) is 11.3 Å². The number of carbonyl (C=O) groups is 1. The molecule has 0 aliphatic carbocycles. The van der Waals surface area contributed by atoms with Crippen LogP contribution in [0.4, 0.5) is 0 Å². The third-order valence-electron chi connectivity index (χ3n) is 3.59. The zero-order valence-electron chi connectivity index (χ0n) is 13.6. The molecule has 0 bridgehead atoms. The molecule has 0 aliphatic rings. The number of hydrogen-bond donors (Lipinski definition) is 2. The lowest BCUT2D eigenvalue weighted by Crippen LogP contribution is -2.18. The molecule has 3 rings (SSSR count). The highest BCUT2D eigenvalue weighted by atomic mass is 32.1. The second kappa shape index (κ2) is 6.58. The molecule has 0 fully saturated rings. The van der Waals surface area contributed by atoms with Crippen molar-refractivity contribution in [3.8, 4) is 11.5 Å². The number of nitrogens with zero attached hydrogens (tertiary/aromatic N) is 3. The van der Waals surface area contributed by atoms with Crippen LogP contribution in [-0.4, -0.2) is 25.8 Å². The Balaban J connectivity index is 1.73. The monoisotopic (exact) mass is 346 g/mol. The maximum absolute atomic E-state index is 10.9. The van der Waals surface area contributed by atoms with E-state index in [9.17, 15) is 4.79 Å². The zero-order chi connectivity index (χ0) is 17.3. The van der Waals surface area contributed by atoms with E-state index in [4.69, 9.17) is 9.52 Å². The third kappa shape index (κ3) is 3.39. The molecule has 1 atom stereocenters. The summed E-state index contributed by atoms with van der Waals surface area (Å²) >= 11 is 1.34. The summed E-state index contributed by atoms with van der Waals surface area (Å²) in [5.41, 5.74) is 1.89. The minimum atomic E-state index is -1.01. The van der Waals surface area contributed by atoms with Crippen molar-refractivity contribution in [1.82, 2.24) is 20.1 Å². The molecule has 0 radical (unpaired) electrons. The minimum absolute atomic E-state index is 0.0607. The van der Waals surface area contributed by atoms with Gasteiger partial charge < -0.3 is 14.8 Å². The quantitative estimate of drug-likeness (QED) is 0.713. The highest BCUT2D eigenvalue weighted by molar-refractivity contribution is 7.09. The number of aromatic carboxylic acids is 1. The van der Waals surface area contributed by atoms with Crippen molar-refractivity contribution in [3.63, 3.8) is 0 Å². The number of carboxylic acid groups (broad SMARTS) is 1. The van der Waals surface area contributed by atoms with Crippen molar-refractivity contribution in [2.45, 2.75) is 26.4 Å². The van der Waals surface area contributed by atoms with Gasteiger partial charge in [-0.2, -0.15) is 5.10 Å². The fraction of sp³-hybridized carbons (Fsp3) is 0.312. The first-order valence-corrected chi connectivity index (χ1v) is 8.33. The summed E-state index contributed by atoms with van der Waals surface area (Å²) in [5, 5.41) is 19.1. The first-order valence-electron chi connectivity index (χ1n) is 7.45. The Bertz CT molecular complexity index is 864. The molecule has 0 saturated carbocycles. The van der Waals surface area contributed by atoms with Crippen LogP contribution < -0.4 is 5.32 Å². The lowest BCUT2D eigenvalue weighted by molar-refractivity contribution is 0.0691. The average Bonchev–Trinajstić information content (AvgIpc) is 3.23. The lowest BCUT2D eigenvalue weighted by atomic mass is 10.2. The van der Waals surface area contributed by atoms with E-state index in [2.05, 4.69) is 15.4 Å². The highest BCUT2D eigenvalue weighted by Crippen LogP contribution is 2.25. The van der Waals surface area contributed by atoms with Crippen LogP contribution in [0.5, 0.6) is 0 Å². The summed E-state index contributed by atoms with van der Waals surface area (Å²) < 4.78 is 7.42. The number of furan rings is 1. The van der Waals surface area contributed by atoms with Gasteiger partial charge in [0.05, 0.1) is 6.04 Å². The van der Waals surface area contributed by atoms with Gasteiger partial charge in [-0.3, -0.25) is 4.68 Å². The van der Waals surface area contributed by atoms with Crippen LogP contribution in [0.3, 0.4) is 0 Å². The molecule has 24 heavy (non-hydrogen) atoms. The molecule has 0 aliphatic heterocycles. The van der Waals surface area contributed by atoms with Gasteiger partial charge in [0.25, 0.3) is 0 Å². The lowest BCUT2D eigenvalue weighted by Gasteiger charge is -2.10. The molecule has 126 valence electrons. The number of thiazole rings is 1. The molecule has 7 nitrogen and oxygen atoms in total. The van der Waals surface area contributed by atoms with Crippen molar-refractivity contribution in [1.29, 1.82) is 0 Å². The Morgan fingerprint density at radius 3 is 2.92 bits per heavy atom. The van der Waals surface area contributed by atoms with E-state index in [1.54, 1.807) is 10.1 Å². The summed E-state index contributed by atoms with van der Waals surface area (Å²) in [5.74, 6) is 0.569. The molecule has 0 spiro atoms. The van der Waals surface area contributed by atoms with Crippen LogP contribution in [0.15, 0.2) is 28.1 Å². The van der Waals surface area contributed by atoms with Crippen LogP contribution in [-0.2, 0) is 13.6 Å². The van der Waals surface area contributed by atoms with Gasteiger partial charge in [-0.15, -0.1) is 11.3 Å². The van der Waals surface area contributed by atoms with Crippen molar-refractivity contribution in [2.75, 3.05) is 0 Å². The van der Waals surface area contributed by atoms with Gasteiger partial charge in [0.15, 0.2) is 11.5 Å². The Hall–Kier alpha value is -2.45. The molecule has 0 saturated heterocycles. The Kier molecular flexibility index (Phi) is 4.50. The molecular weight excluding hydrogens is 328 g/mol. The van der Waals surface area contributed by atoms with E-state index in [-0.39, 0.29) is 11.7 Å². The van der Waals surface area contributed by atoms with Crippen LogP contribution in [0.2, 0.25) is 0 Å². The molecular formula is C16H18N4O3S. The van der Waals surface area contributed by atoms with E-state index >= 15 is 0 Å². The van der Waals surface area contributed by atoms with Gasteiger partial charge >= 0.3 is 5.97 Å². The van der Waals surface area contributed by atoms with Gasteiger partial charge in [0.2, 0.25) is 0 Å². The van der Waals surface area contributed by atoms with E-state index in [0.717, 1.165) is 27.8 Å². The summed E-state index contributed by atoms with van der Waals surface area (Å²) in [6.45, 7) is 4.43. The van der Waals surface area contributed by atoms with Crippen LogP contribution in [0, 0.1) is 6.92 Å². The largest absolute Gasteiger partial charge is 0.476 e. The SMILES string of the molecule is Cc1ccc(-c2nn(C)cc2CNC(C)c2nc(C(=O)O)cs2)o1. The smallest absolute Gasteiger partial charge is 0.355 e. The molecule has 0 aromatic carbocycles. The molecule has 8 heteroatoms. The zero-order valence-corrected chi connectivity index (χ0v) is 14.4. The number of nitrogens with one attached hydrogen (secondary N) is 1. The standard InChI is InChI=1S/C16H18N4O3S/c1-9-4-5-13(23-9)14-11(7-20(3)19-14)6-17-10(2)15-18-12(8-24-15)16(21)22/h4-5,7-8,10,17H,6H2,1-3H3,(H,21,22). The molecule has 0 amide bonds. The number of rotatable bonds is 6. The van der Waals surface area contributed by atoms with Gasteiger partial charge in [0, 0.05) is 30.7 Å². The number of aryl methyl sites for hydroxylation is 2. The Labute approximate surface area is 143 Å². The highest BCUT2D eigenvalue weighted by Gasteiger charge is 2.17. The fourth-order valence-corrected chi connectivity index (χ4v) is 3.20. The predicted molar refractivity (Wildman–Crippen MR) is 90.0 cm³/mol. The normalized spacial score (nSPS) is 12.5. The second-order valence-corrected chi connectivity index (χ2v) is 6.46. The Morgan fingerprint density at radius 2 is 2.29 bits per heavy atom. The Morgan fingerprint density at radius 1 is 1.50 bits per heavy atom. The van der Waals surface area contributed by atoms with Gasteiger partial charge in [-0.25, -0.2) is 9.78 Å². The maximum Gasteiger partial charge on any atom is 0.355 e. The fourth-order valence-electron chi connectivity index (χ4n) is 2.37. The van der Waals surface area contributed by atoms with Gasteiger partial charge in [-0.05, 0) is 26.0 Å². The van der Waals surface area contributed by atoms with Crippen LogP contribution >= 0.6 is 11.3 Å². The molecule has 1 unspecified atom stereocenters. The van der Waals surface area contributed by atoms with Crippen LogP contribution in [0.25, 0.3) is 11.5 Å².